The molecule has 9 aromatic rings. The molecule has 11 rings (SSSR count). The molecular weight excluding hydrogens is 677 g/mol. The van der Waals surface area contributed by atoms with Crippen LogP contribution >= 0.6 is 0 Å². The Hall–Kier alpha value is -7.16. The lowest BCUT2D eigenvalue weighted by molar-refractivity contribution is 0.725. The summed E-state index contributed by atoms with van der Waals surface area (Å²) in [7, 11) is 0. The van der Waals surface area contributed by atoms with Gasteiger partial charge in [0.05, 0.1) is 17.3 Å². The van der Waals surface area contributed by atoms with Crippen molar-refractivity contribution in [2.24, 2.45) is 0 Å². The van der Waals surface area contributed by atoms with Crippen LogP contribution in [0.5, 0.6) is 0 Å². The minimum Gasteiger partial charge on any atom is -0.333 e. The van der Waals surface area contributed by atoms with Gasteiger partial charge in [0.1, 0.15) is 0 Å². The van der Waals surface area contributed by atoms with E-state index in [0.717, 1.165) is 0 Å². The molecule has 2 heterocycles. The Morgan fingerprint density at radius 2 is 0.946 bits per heavy atom. The summed E-state index contributed by atoms with van der Waals surface area (Å²) >= 11 is 0. The third kappa shape index (κ3) is 5.26. The lowest BCUT2D eigenvalue weighted by atomic mass is 9.82. The van der Waals surface area contributed by atoms with Crippen LogP contribution in [-0.2, 0) is 0 Å². The van der Waals surface area contributed by atoms with Crippen LogP contribution in [0.1, 0.15) is 22.7 Å². The molecule has 1 aliphatic carbocycles. The van der Waals surface area contributed by atoms with E-state index >= 15 is 0 Å². The molecule has 0 amide bonds. The van der Waals surface area contributed by atoms with Crippen molar-refractivity contribution in [3.63, 3.8) is 0 Å². The number of benzene rings is 8. The second-order valence-electron chi connectivity index (χ2n) is 14.9. The first-order valence-corrected chi connectivity index (χ1v) is 19.5. The lowest BCUT2D eigenvalue weighted by Gasteiger charge is -2.31. The van der Waals surface area contributed by atoms with Crippen LogP contribution in [0.25, 0.3) is 67.2 Å². The van der Waals surface area contributed by atoms with Crippen LogP contribution < -0.4 is 4.90 Å². The van der Waals surface area contributed by atoms with Crippen LogP contribution in [0.15, 0.2) is 212 Å². The van der Waals surface area contributed by atoms with E-state index in [4.69, 9.17) is 0 Å². The van der Waals surface area contributed by atoms with E-state index in [-0.39, 0.29) is 12.0 Å². The summed E-state index contributed by atoms with van der Waals surface area (Å²) in [5.41, 5.74) is 18.7. The molecule has 1 aromatic heterocycles. The molecule has 2 nitrogen and oxygen atoms in total. The van der Waals surface area contributed by atoms with Crippen molar-refractivity contribution in [2.75, 3.05) is 4.90 Å². The Balaban J connectivity index is 0.985. The zero-order chi connectivity index (χ0) is 37.0. The molecule has 2 aliphatic rings. The highest BCUT2D eigenvalue weighted by Gasteiger charge is 2.43. The predicted octanol–water partition coefficient (Wildman–Crippen LogP) is 14.0. The van der Waals surface area contributed by atoms with Crippen molar-refractivity contribution in [3.05, 3.63) is 229 Å². The smallest absolute Gasteiger partial charge is 0.0637 e. The second-order valence-corrected chi connectivity index (χ2v) is 14.9. The van der Waals surface area contributed by atoms with Gasteiger partial charge in [0, 0.05) is 28.4 Å². The van der Waals surface area contributed by atoms with E-state index in [0.29, 0.717) is 0 Å². The fraction of sp³-hybridized carbons (Fsp3) is 0.0370. The average molecular weight is 715 g/mol. The molecule has 0 spiro atoms. The summed E-state index contributed by atoms with van der Waals surface area (Å²) in [4.78, 5) is 2.56. The van der Waals surface area contributed by atoms with Gasteiger partial charge in [-0.25, -0.2) is 0 Å². The van der Waals surface area contributed by atoms with Gasteiger partial charge in [-0.1, -0.05) is 176 Å². The maximum absolute atomic E-state index is 2.56. The van der Waals surface area contributed by atoms with E-state index in [9.17, 15) is 0 Å². The van der Waals surface area contributed by atoms with Crippen molar-refractivity contribution < 1.29 is 0 Å². The number of hydrogen-bond donors (Lipinski definition) is 0. The molecule has 1 aliphatic heterocycles. The van der Waals surface area contributed by atoms with Crippen molar-refractivity contribution in [1.82, 2.24) is 4.57 Å². The number of para-hydroxylation sites is 2. The molecule has 8 aromatic carbocycles. The number of fused-ring (bicyclic) bond motifs is 7. The van der Waals surface area contributed by atoms with Crippen molar-refractivity contribution in [3.8, 4) is 50.2 Å². The summed E-state index contributed by atoms with van der Waals surface area (Å²) in [5, 5.41) is 1.31. The molecule has 56 heavy (non-hydrogen) atoms. The number of hydrogen-bond acceptors (Lipinski definition) is 1. The van der Waals surface area contributed by atoms with Gasteiger partial charge in [-0.05, 0) is 98.1 Å². The summed E-state index contributed by atoms with van der Waals surface area (Å²) in [6.07, 6.45) is 4.81. The fourth-order valence-electron chi connectivity index (χ4n) is 9.26. The van der Waals surface area contributed by atoms with Crippen molar-refractivity contribution >= 4 is 28.4 Å². The third-order valence-electron chi connectivity index (χ3n) is 11.8. The topological polar surface area (TPSA) is 8.17 Å². The minimum atomic E-state index is 0.145. The van der Waals surface area contributed by atoms with Gasteiger partial charge >= 0.3 is 0 Å². The Labute approximate surface area is 327 Å². The molecule has 2 atom stereocenters. The maximum Gasteiger partial charge on any atom is 0.0637 e. The highest BCUT2D eigenvalue weighted by atomic mass is 15.2. The molecule has 0 saturated heterocycles. The highest BCUT2D eigenvalue weighted by molar-refractivity contribution is 5.95. The van der Waals surface area contributed by atoms with Crippen LogP contribution in [0.2, 0.25) is 0 Å². The summed E-state index contributed by atoms with van der Waals surface area (Å²) < 4.78 is 2.47. The SMILES string of the molecule is C1=CC2C(c3ccccc3N2c2cccc(-c3ccc(-c4ccccc4)cc3)c2)c2c1n(-c1ccc(-c3ccccc3-c3ccccc3)cc1)c1ccccc21. The number of nitrogens with zero attached hydrogens (tertiary/aromatic N) is 2. The van der Waals surface area contributed by atoms with Crippen molar-refractivity contribution in [2.45, 2.75) is 12.0 Å². The van der Waals surface area contributed by atoms with Gasteiger partial charge in [0.15, 0.2) is 0 Å². The molecule has 2 unspecified atom stereocenters. The van der Waals surface area contributed by atoms with Crippen LogP contribution in [0, 0.1) is 0 Å². The number of anilines is 2. The van der Waals surface area contributed by atoms with Crippen molar-refractivity contribution in [1.29, 1.82) is 0 Å². The van der Waals surface area contributed by atoms with Gasteiger partial charge in [-0.3, -0.25) is 0 Å². The standard InChI is InChI=1S/C54H38N2/c1-3-14-37(15-4-1)38-26-28-39(29-27-38)42-18-13-19-44(36-42)56-50-25-12-10-23-48(50)54-52(56)35-34-51-53(54)47-22-9-11-24-49(47)55(51)43-32-30-41(31-33-43)46-21-8-7-20-45(46)40-16-5-2-6-17-40/h1-36,52,54H. The molecule has 0 N–H and O–H groups in total. The Morgan fingerprint density at radius 3 is 1.70 bits per heavy atom. The summed E-state index contributed by atoms with van der Waals surface area (Å²) in [6, 6.07) is 75.3. The third-order valence-corrected chi connectivity index (χ3v) is 11.8. The Bertz CT molecular complexity index is 2900. The van der Waals surface area contributed by atoms with E-state index in [1.807, 2.05) is 0 Å². The monoisotopic (exact) mass is 714 g/mol. The quantitative estimate of drug-likeness (QED) is 0.166. The second kappa shape index (κ2) is 13.3. The van der Waals surface area contributed by atoms with E-state index in [2.05, 4.69) is 228 Å². The highest BCUT2D eigenvalue weighted by Crippen LogP contribution is 2.54. The maximum atomic E-state index is 2.56. The summed E-state index contributed by atoms with van der Waals surface area (Å²) in [6.45, 7) is 0. The van der Waals surface area contributed by atoms with Crippen LogP contribution in [-0.4, -0.2) is 10.6 Å². The fourth-order valence-corrected chi connectivity index (χ4v) is 9.26. The molecule has 0 bridgehead atoms. The largest absolute Gasteiger partial charge is 0.333 e. The normalized spacial score (nSPS) is 15.4. The Morgan fingerprint density at radius 1 is 0.393 bits per heavy atom. The molecule has 0 radical (unpaired) electrons. The molecule has 0 saturated carbocycles. The van der Waals surface area contributed by atoms with E-state index < -0.39 is 0 Å². The molecule has 2 heteroatoms. The number of rotatable bonds is 6. The molecule has 264 valence electrons. The van der Waals surface area contributed by atoms with E-state index in [1.54, 1.807) is 0 Å². The van der Waals surface area contributed by atoms with Gasteiger partial charge in [-0.2, -0.15) is 0 Å². The van der Waals surface area contributed by atoms with E-state index in [1.165, 1.54) is 89.3 Å². The number of aromatic nitrogens is 1. The zero-order valence-electron chi connectivity index (χ0n) is 30.8. The van der Waals surface area contributed by atoms with Crippen LogP contribution in [0.4, 0.5) is 11.4 Å². The average Bonchev–Trinajstić information content (AvgIpc) is 3.80. The van der Waals surface area contributed by atoms with Gasteiger partial charge in [0.2, 0.25) is 0 Å². The minimum absolute atomic E-state index is 0.145. The first-order valence-electron chi connectivity index (χ1n) is 19.5. The zero-order valence-corrected chi connectivity index (χ0v) is 30.8. The first kappa shape index (κ1) is 32.3. The van der Waals surface area contributed by atoms with Gasteiger partial charge < -0.3 is 9.47 Å². The summed E-state index contributed by atoms with van der Waals surface area (Å²) in [5.74, 6) is 0.184. The van der Waals surface area contributed by atoms with Gasteiger partial charge in [0.25, 0.3) is 0 Å². The molecule has 0 fully saturated rings. The lowest BCUT2D eigenvalue weighted by Crippen LogP contribution is -2.30. The van der Waals surface area contributed by atoms with Gasteiger partial charge in [-0.15, -0.1) is 0 Å². The first-order chi connectivity index (χ1) is 27.8. The Kier molecular flexibility index (Phi) is 7.67. The molecular formula is C54H38N2. The predicted molar refractivity (Wildman–Crippen MR) is 235 cm³/mol. The van der Waals surface area contributed by atoms with Crippen LogP contribution in [0.3, 0.4) is 0 Å².